The van der Waals surface area contributed by atoms with Gasteiger partial charge in [0, 0.05) is 0 Å². The number of hydrogen-bond acceptors (Lipinski definition) is 4. The van der Waals surface area contributed by atoms with Crippen LogP contribution in [0.3, 0.4) is 0 Å². The summed E-state index contributed by atoms with van der Waals surface area (Å²) in [7, 11) is -2.82. The molecule has 2 aliphatic rings. The van der Waals surface area contributed by atoms with Crippen LogP contribution < -0.4 is 4.74 Å². The monoisotopic (exact) mass is 284 g/mol. The van der Waals surface area contributed by atoms with Crippen LogP contribution >= 0.6 is 0 Å². The highest BCUT2D eigenvalue weighted by Crippen LogP contribution is 2.30. The summed E-state index contributed by atoms with van der Waals surface area (Å²) in [6, 6.07) is 0.518. The maximum absolute atomic E-state index is 11.4. The number of rotatable bonds is 3. The molecule has 2 fully saturated rings. The van der Waals surface area contributed by atoms with Crippen LogP contribution in [0, 0.1) is 0 Å². The van der Waals surface area contributed by atoms with Crippen molar-refractivity contribution < 1.29 is 13.2 Å². The van der Waals surface area contributed by atoms with Gasteiger partial charge in [0.15, 0.2) is 15.6 Å². The number of ether oxygens (including phenoxy) is 1. The molecule has 106 valence electrons. The normalized spacial score (nSPS) is 24.6. The van der Waals surface area contributed by atoms with Crippen LogP contribution in [0.25, 0.3) is 0 Å². The first-order valence-corrected chi connectivity index (χ1v) is 8.86. The van der Waals surface area contributed by atoms with Gasteiger partial charge >= 0.3 is 0 Å². The predicted octanol–water partition coefficient (Wildman–Crippen LogP) is 1.95. The largest absolute Gasteiger partial charge is 0.487 e. The van der Waals surface area contributed by atoms with Gasteiger partial charge in [0.05, 0.1) is 29.9 Å². The van der Waals surface area contributed by atoms with Crippen molar-refractivity contribution in [2.75, 3.05) is 11.5 Å². The smallest absolute Gasteiger partial charge is 0.157 e. The minimum Gasteiger partial charge on any atom is -0.487 e. The number of nitrogens with zero attached hydrogens (tertiary/aromatic N) is 2. The lowest BCUT2D eigenvalue weighted by Gasteiger charge is -2.22. The van der Waals surface area contributed by atoms with Crippen molar-refractivity contribution in [1.82, 2.24) is 9.78 Å². The second-order valence-electron chi connectivity index (χ2n) is 5.56. The Kier molecular flexibility index (Phi) is 3.52. The molecule has 1 aliphatic heterocycles. The van der Waals surface area contributed by atoms with Gasteiger partial charge in [-0.05, 0) is 25.7 Å². The van der Waals surface area contributed by atoms with Crippen LogP contribution in [0.1, 0.15) is 44.6 Å². The highest BCUT2D eigenvalue weighted by atomic mass is 32.2. The fraction of sp³-hybridized carbons (Fsp3) is 0.769. The highest BCUT2D eigenvalue weighted by molar-refractivity contribution is 7.91. The molecular formula is C13H20N2O3S. The van der Waals surface area contributed by atoms with Crippen molar-refractivity contribution in [3.05, 3.63) is 12.4 Å². The molecule has 0 aromatic carbocycles. The van der Waals surface area contributed by atoms with Crippen LogP contribution in [0.15, 0.2) is 12.4 Å². The van der Waals surface area contributed by atoms with Crippen LogP contribution in [0.2, 0.25) is 0 Å². The van der Waals surface area contributed by atoms with Crippen molar-refractivity contribution in [3.63, 3.8) is 0 Å². The van der Waals surface area contributed by atoms with Gasteiger partial charge in [-0.2, -0.15) is 5.10 Å². The molecule has 0 atom stereocenters. The Labute approximate surface area is 113 Å². The zero-order valence-corrected chi connectivity index (χ0v) is 11.8. The van der Waals surface area contributed by atoms with E-state index in [2.05, 4.69) is 5.10 Å². The van der Waals surface area contributed by atoms with E-state index in [1.165, 1.54) is 25.7 Å². The summed E-state index contributed by atoms with van der Waals surface area (Å²) in [5, 5.41) is 4.37. The van der Waals surface area contributed by atoms with E-state index < -0.39 is 9.84 Å². The molecule has 0 unspecified atom stereocenters. The summed E-state index contributed by atoms with van der Waals surface area (Å²) in [5.74, 6) is 1.26. The number of hydrogen-bond donors (Lipinski definition) is 0. The fourth-order valence-electron chi connectivity index (χ4n) is 2.93. The van der Waals surface area contributed by atoms with Gasteiger partial charge in [0.2, 0.25) is 0 Å². The van der Waals surface area contributed by atoms with Gasteiger partial charge in [-0.3, -0.25) is 4.68 Å². The van der Waals surface area contributed by atoms with Gasteiger partial charge in [-0.1, -0.05) is 12.8 Å². The Hall–Kier alpha value is -1.04. The van der Waals surface area contributed by atoms with Crippen LogP contribution in [-0.4, -0.2) is 35.8 Å². The molecule has 1 saturated carbocycles. The molecule has 1 aliphatic carbocycles. The Bertz CT molecular complexity index is 518. The number of sulfone groups is 1. The van der Waals surface area contributed by atoms with Crippen molar-refractivity contribution in [3.8, 4) is 5.75 Å². The maximum atomic E-state index is 11.4. The SMILES string of the molecule is O=S1(=O)CCC(Oc2cnn(C3CCCC3)c2)CC1. The van der Waals surface area contributed by atoms with Crippen molar-refractivity contribution in [2.45, 2.75) is 50.7 Å². The zero-order valence-electron chi connectivity index (χ0n) is 11.0. The average molecular weight is 284 g/mol. The molecule has 1 saturated heterocycles. The van der Waals surface area contributed by atoms with E-state index in [0.29, 0.717) is 18.9 Å². The summed E-state index contributed by atoms with van der Waals surface area (Å²) in [5.41, 5.74) is 0. The summed E-state index contributed by atoms with van der Waals surface area (Å²) >= 11 is 0. The lowest BCUT2D eigenvalue weighted by Crippen LogP contribution is -2.30. The molecule has 6 heteroatoms. The van der Waals surface area contributed by atoms with E-state index in [0.717, 1.165) is 5.75 Å². The van der Waals surface area contributed by atoms with Gasteiger partial charge in [0.25, 0.3) is 0 Å². The minimum atomic E-state index is -2.82. The first kappa shape index (κ1) is 13.0. The Morgan fingerprint density at radius 3 is 2.53 bits per heavy atom. The van der Waals surface area contributed by atoms with E-state index in [1.807, 2.05) is 10.9 Å². The Morgan fingerprint density at radius 2 is 1.84 bits per heavy atom. The molecule has 0 radical (unpaired) electrons. The summed E-state index contributed by atoms with van der Waals surface area (Å²) < 4.78 is 30.6. The lowest BCUT2D eigenvalue weighted by atomic mass is 10.2. The van der Waals surface area contributed by atoms with Crippen molar-refractivity contribution in [1.29, 1.82) is 0 Å². The third kappa shape index (κ3) is 3.11. The molecular weight excluding hydrogens is 264 g/mol. The van der Waals surface area contributed by atoms with Crippen molar-refractivity contribution in [2.24, 2.45) is 0 Å². The highest BCUT2D eigenvalue weighted by Gasteiger charge is 2.25. The van der Waals surface area contributed by atoms with E-state index in [9.17, 15) is 8.42 Å². The average Bonchev–Trinajstić information content (AvgIpc) is 3.02. The third-order valence-corrected chi connectivity index (χ3v) is 5.80. The Morgan fingerprint density at radius 1 is 1.16 bits per heavy atom. The van der Waals surface area contributed by atoms with Crippen LogP contribution in [0.4, 0.5) is 0 Å². The topological polar surface area (TPSA) is 61.2 Å². The predicted molar refractivity (Wildman–Crippen MR) is 72.0 cm³/mol. The van der Waals surface area contributed by atoms with Gasteiger partial charge < -0.3 is 4.74 Å². The van der Waals surface area contributed by atoms with Gasteiger partial charge in [0.1, 0.15) is 6.10 Å². The quantitative estimate of drug-likeness (QED) is 0.851. The molecule has 19 heavy (non-hydrogen) atoms. The standard InChI is InChI=1S/C13H20N2O3S/c16-19(17)7-5-12(6-8-19)18-13-9-14-15(10-13)11-3-1-2-4-11/h9-12H,1-8H2. The van der Waals surface area contributed by atoms with E-state index in [-0.39, 0.29) is 17.6 Å². The summed E-state index contributed by atoms with van der Waals surface area (Å²) in [6.45, 7) is 0. The van der Waals surface area contributed by atoms with Crippen LogP contribution in [0.5, 0.6) is 5.75 Å². The van der Waals surface area contributed by atoms with Gasteiger partial charge in [-0.25, -0.2) is 8.42 Å². The first-order chi connectivity index (χ1) is 9.12. The van der Waals surface area contributed by atoms with E-state index >= 15 is 0 Å². The molecule has 3 rings (SSSR count). The molecule has 1 aromatic heterocycles. The minimum absolute atomic E-state index is 0.0183. The van der Waals surface area contributed by atoms with E-state index in [1.54, 1.807) is 6.20 Å². The molecule has 0 spiro atoms. The fourth-order valence-corrected chi connectivity index (χ4v) is 4.38. The summed E-state index contributed by atoms with van der Waals surface area (Å²) in [6.07, 6.45) is 9.87. The molecule has 0 N–H and O–H groups in total. The maximum Gasteiger partial charge on any atom is 0.157 e. The second kappa shape index (κ2) is 5.15. The second-order valence-corrected chi connectivity index (χ2v) is 7.87. The molecule has 0 bridgehead atoms. The first-order valence-electron chi connectivity index (χ1n) is 7.04. The summed E-state index contributed by atoms with van der Waals surface area (Å²) in [4.78, 5) is 0. The number of aromatic nitrogens is 2. The molecule has 5 nitrogen and oxygen atoms in total. The third-order valence-electron chi connectivity index (χ3n) is 4.08. The molecule has 0 amide bonds. The lowest BCUT2D eigenvalue weighted by molar-refractivity contribution is 0.189. The zero-order chi connectivity index (χ0) is 13.3. The van der Waals surface area contributed by atoms with Crippen molar-refractivity contribution >= 4 is 9.84 Å². The van der Waals surface area contributed by atoms with Gasteiger partial charge in [-0.15, -0.1) is 0 Å². The Balaban J connectivity index is 1.58. The molecule has 1 aromatic rings. The van der Waals surface area contributed by atoms with Crippen LogP contribution in [-0.2, 0) is 9.84 Å². The van der Waals surface area contributed by atoms with E-state index in [4.69, 9.17) is 4.74 Å². The molecule has 2 heterocycles.